The van der Waals surface area contributed by atoms with Gasteiger partial charge in [-0.05, 0) is 24.3 Å². The van der Waals surface area contributed by atoms with Gasteiger partial charge in [-0.2, -0.15) is 9.50 Å². The Hall–Kier alpha value is -4.01. The molecule has 9 heteroatoms. The molecule has 4 rings (SSSR count). The van der Waals surface area contributed by atoms with Crippen molar-refractivity contribution in [1.29, 1.82) is 0 Å². The van der Waals surface area contributed by atoms with Crippen LogP contribution in [0.25, 0.3) is 5.78 Å². The molecule has 1 aromatic carbocycles. The number of aromatic amines is 1. The largest absolute Gasteiger partial charge is 0.486 e. The van der Waals surface area contributed by atoms with Crippen LogP contribution in [0.15, 0.2) is 65.7 Å². The summed E-state index contributed by atoms with van der Waals surface area (Å²) in [5.74, 6) is 1.06. The van der Waals surface area contributed by atoms with Crippen molar-refractivity contribution in [3.63, 3.8) is 0 Å². The fourth-order valence-corrected chi connectivity index (χ4v) is 2.44. The molecule has 27 heavy (non-hydrogen) atoms. The molecule has 0 unspecified atom stereocenters. The summed E-state index contributed by atoms with van der Waals surface area (Å²) >= 11 is 0. The van der Waals surface area contributed by atoms with Gasteiger partial charge in [-0.1, -0.05) is 18.2 Å². The Labute approximate surface area is 152 Å². The smallest absolute Gasteiger partial charge is 0.256 e. The van der Waals surface area contributed by atoms with Crippen molar-refractivity contribution in [2.45, 2.75) is 6.61 Å². The van der Waals surface area contributed by atoms with E-state index in [0.29, 0.717) is 17.1 Å². The third-order valence-corrected chi connectivity index (χ3v) is 3.68. The summed E-state index contributed by atoms with van der Waals surface area (Å²) in [6.07, 6.45) is 3.02. The molecule has 1 amide bonds. The molecule has 0 spiro atoms. The molecular formula is C18H14N6O3. The van der Waals surface area contributed by atoms with Crippen LogP contribution in [0.2, 0.25) is 0 Å². The predicted molar refractivity (Wildman–Crippen MR) is 96.6 cm³/mol. The number of benzene rings is 1. The van der Waals surface area contributed by atoms with Crippen LogP contribution >= 0.6 is 0 Å². The monoisotopic (exact) mass is 362 g/mol. The summed E-state index contributed by atoms with van der Waals surface area (Å²) in [4.78, 5) is 34.9. The van der Waals surface area contributed by atoms with Gasteiger partial charge in [-0.15, -0.1) is 5.10 Å². The molecule has 0 aliphatic heterocycles. The van der Waals surface area contributed by atoms with Crippen LogP contribution in [0.5, 0.6) is 5.75 Å². The summed E-state index contributed by atoms with van der Waals surface area (Å²) in [5, 5.41) is 6.96. The first-order valence-electron chi connectivity index (χ1n) is 8.07. The highest BCUT2D eigenvalue weighted by Gasteiger charge is 2.13. The van der Waals surface area contributed by atoms with Gasteiger partial charge in [0.1, 0.15) is 18.2 Å². The van der Waals surface area contributed by atoms with E-state index < -0.39 is 5.56 Å². The van der Waals surface area contributed by atoms with Crippen molar-refractivity contribution in [2.24, 2.45) is 0 Å². The first-order chi connectivity index (χ1) is 13.2. The number of rotatable bonds is 5. The van der Waals surface area contributed by atoms with Crippen molar-refractivity contribution >= 4 is 17.5 Å². The quantitative estimate of drug-likeness (QED) is 0.558. The van der Waals surface area contributed by atoms with Crippen LogP contribution in [0.3, 0.4) is 0 Å². The molecule has 3 heterocycles. The molecular weight excluding hydrogens is 348 g/mol. The Morgan fingerprint density at radius 3 is 2.70 bits per heavy atom. The number of fused-ring (bicyclic) bond motifs is 1. The number of ether oxygens (including phenoxy) is 1. The number of aromatic nitrogens is 5. The maximum absolute atomic E-state index is 12.3. The van der Waals surface area contributed by atoms with E-state index in [-0.39, 0.29) is 24.1 Å². The summed E-state index contributed by atoms with van der Waals surface area (Å²) in [7, 11) is 0. The number of pyridine rings is 1. The molecule has 3 aromatic heterocycles. The highest BCUT2D eigenvalue weighted by molar-refractivity contribution is 6.03. The summed E-state index contributed by atoms with van der Waals surface area (Å²) in [5.41, 5.74) is 0.00152. The lowest BCUT2D eigenvalue weighted by Gasteiger charge is -2.06. The Balaban J connectivity index is 1.60. The lowest BCUT2D eigenvalue weighted by atomic mass is 10.2. The number of para-hydroxylation sites is 1. The molecule has 4 aromatic rings. The average molecular weight is 362 g/mol. The Morgan fingerprint density at radius 1 is 1.15 bits per heavy atom. The Kier molecular flexibility index (Phi) is 4.32. The van der Waals surface area contributed by atoms with Crippen molar-refractivity contribution in [1.82, 2.24) is 24.6 Å². The van der Waals surface area contributed by atoms with Gasteiger partial charge in [-0.3, -0.25) is 19.6 Å². The molecule has 0 bridgehead atoms. The fourth-order valence-electron chi connectivity index (χ4n) is 2.44. The van der Waals surface area contributed by atoms with Crippen LogP contribution in [0.4, 0.5) is 5.82 Å². The molecule has 0 fully saturated rings. The van der Waals surface area contributed by atoms with Gasteiger partial charge in [0.25, 0.3) is 11.5 Å². The van der Waals surface area contributed by atoms with E-state index in [1.54, 1.807) is 12.1 Å². The van der Waals surface area contributed by atoms with Gasteiger partial charge in [-0.25, -0.2) is 0 Å². The van der Waals surface area contributed by atoms with Crippen LogP contribution < -0.4 is 15.6 Å². The molecule has 134 valence electrons. The summed E-state index contributed by atoms with van der Waals surface area (Å²) < 4.78 is 6.97. The maximum Gasteiger partial charge on any atom is 0.256 e. The number of hydrogen-bond acceptors (Lipinski definition) is 6. The zero-order chi connectivity index (χ0) is 18.6. The van der Waals surface area contributed by atoms with Gasteiger partial charge < -0.3 is 10.1 Å². The molecule has 0 aliphatic carbocycles. The van der Waals surface area contributed by atoms with E-state index in [2.05, 4.69) is 25.4 Å². The van der Waals surface area contributed by atoms with Crippen LogP contribution in [-0.4, -0.2) is 30.5 Å². The van der Waals surface area contributed by atoms with E-state index in [4.69, 9.17) is 4.74 Å². The van der Waals surface area contributed by atoms with Crippen LogP contribution in [0, 0.1) is 0 Å². The van der Waals surface area contributed by atoms with Crippen molar-refractivity contribution < 1.29 is 9.53 Å². The number of carbonyl (C=O) groups excluding carboxylic acids is 1. The summed E-state index contributed by atoms with van der Waals surface area (Å²) in [6.45, 7) is 0.117. The number of amides is 1. The number of hydrogen-bond donors (Lipinski definition) is 2. The Bertz CT molecular complexity index is 1140. The van der Waals surface area contributed by atoms with Gasteiger partial charge in [0.05, 0.1) is 0 Å². The standard InChI is InChI=1S/C18H14N6O3/c25-16-10-15(21-17(26)12-6-8-19-9-7-12)24-18(22-16)20-14(23-24)11-27-13-4-2-1-3-5-13/h1-10H,11H2,(H,21,26)(H,20,22,23,25). The number of carbonyl (C=O) groups is 1. The first kappa shape index (κ1) is 16.5. The number of anilines is 1. The molecule has 0 saturated heterocycles. The molecule has 0 radical (unpaired) electrons. The Morgan fingerprint density at radius 2 is 1.93 bits per heavy atom. The SMILES string of the molecule is O=C(Nc1cc(=O)[nH]c2nc(COc3ccccc3)nn12)c1ccncc1. The first-order valence-corrected chi connectivity index (χ1v) is 8.07. The number of nitrogens with one attached hydrogen (secondary N) is 2. The van der Waals surface area contributed by atoms with Crippen LogP contribution in [0.1, 0.15) is 16.2 Å². The van der Waals surface area contributed by atoms with Crippen molar-refractivity contribution in [2.75, 3.05) is 5.32 Å². The van der Waals surface area contributed by atoms with Crippen LogP contribution in [-0.2, 0) is 6.61 Å². The van der Waals surface area contributed by atoms with Gasteiger partial charge in [0, 0.05) is 24.0 Å². The van der Waals surface area contributed by atoms with Gasteiger partial charge in [0.15, 0.2) is 5.82 Å². The minimum atomic E-state index is -0.407. The average Bonchev–Trinajstić information content (AvgIpc) is 3.11. The highest BCUT2D eigenvalue weighted by atomic mass is 16.5. The minimum Gasteiger partial charge on any atom is -0.486 e. The molecule has 9 nitrogen and oxygen atoms in total. The topological polar surface area (TPSA) is 114 Å². The van der Waals surface area contributed by atoms with Gasteiger partial charge in [0.2, 0.25) is 5.78 Å². The normalized spacial score (nSPS) is 10.7. The zero-order valence-electron chi connectivity index (χ0n) is 14.0. The van der Waals surface area contributed by atoms with Crippen molar-refractivity contribution in [3.8, 4) is 5.75 Å². The fraction of sp³-hybridized carbons (Fsp3) is 0.0556. The zero-order valence-corrected chi connectivity index (χ0v) is 14.0. The minimum absolute atomic E-state index is 0.117. The lowest BCUT2D eigenvalue weighted by molar-refractivity contribution is 0.102. The molecule has 0 aliphatic rings. The van der Waals surface area contributed by atoms with E-state index in [9.17, 15) is 9.59 Å². The summed E-state index contributed by atoms with van der Waals surface area (Å²) in [6, 6.07) is 13.6. The second-order valence-electron chi connectivity index (χ2n) is 5.57. The highest BCUT2D eigenvalue weighted by Crippen LogP contribution is 2.12. The molecule has 0 atom stereocenters. The second-order valence-corrected chi connectivity index (χ2v) is 5.57. The van der Waals surface area contributed by atoms with Gasteiger partial charge >= 0.3 is 0 Å². The molecule has 0 saturated carbocycles. The third-order valence-electron chi connectivity index (χ3n) is 3.68. The third kappa shape index (κ3) is 3.66. The molecule has 2 N–H and O–H groups in total. The van der Waals surface area contributed by atoms with E-state index in [0.717, 1.165) is 0 Å². The van der Waals surface area contributed by atoms with E-state index in [1.165, 1.54) is 23.0 Å². The second kappa shape index (κ2) is 7.08. The number of H-pyrrole nitrogens is 1. The maximum atomic E-state index is 12.3. The van der Waals surface area contributed by atoms with E-state index >= 15 is 0 Å². The van der Waals surface area contributed by atoms with E-state index in [1.807, 2.05) is 30.3 Å². The predicted octanol–water partition coefficient (Wildman–Crippen LogP) is 1.64. The lowest BCUT2D eigenvalue weighted by Crippen LogP contribution is -2.18. The van der Waals surface area contributed by atoms with Crippen molar-refractivity contribution in [3.05, 3.63) is 82.7 Å². The number of nitrogens with zero attached hydrogens (tertiary/aromatic N) is 4.